The van der Waals surface area contributed by atoms with Gasteiger partial charge in [0.15, 0.2) is 0 Å². The Hall–Kier alpha value is -2.15. The molecule has 1 atom stereocenters. The fourth-order valence-corrected chi connectivity index (χ4v) is 3.81. The number of piperidine rings is 1. The summed E-state index contributed by atoms with van der Waals surface area (Å²) in [5.74, 6) is -0.0562. The average molecular weight is 389 g/mol. The predicted molar refractivity (Wildman–Crippen MR) is 107 cm³/mol. The Labute approximate surface area is 162 Å². The number of para-hydroxylation sites is 1. The number of benzene rings is 1. The van der Waals surface area contributed by atoms with Gasteiger partial charge < -0.3 is 10.6 Å². The highest BCUT2D eigenvalue weighted by Crippen LogP contribution is 2.28. The SMILES string of the molecule is Cl.O=C(NC1CCCNC1)c1cn(-c2ccccc2)nc1-c1cccs1. The van der Waals surface area contributed by atoms with Gasteiger partial charge in [-0.3, -0.25) is 4.79 Å². The number of halogens is 1. The first-order chi connectivity index (χ1) is 12.3. The van der Waals surface area contributed by atoms with E-state index in [1.807, 2.05) is 54.0 Å². The van der Waals surface area contributed by atoms with E-state index < -0.39 is 0 Å². The Morgan fingerprint density at radius 2 is 2.08 bits per heavy atom. The molecule has 1 unspecified atom stereocenters. The van der Waals surface area contributed by atoms with Crippen molar-refractivity contribution in [2.45, 2.75) is 18.9 Å². The molecule has 5 nitrogen and oxygen atoms in total. The number of carbonyl (C=O) groups is 1. The molecule has 3 heterocycles. The summed E-state index contributed by atoms with van der Waals surface area (Å²) in [4.78, 5) is 13.9. The first-order valence-electron chi connectivity index (χ1n) is 8.52. The van der Waals surface area contributed by atoms with Gasteiger partial charge in [0, 0.05) is 18.8 Å². The maximum atomic E-state index is 12.9. The van der Waals surface area contributed by atoms with Crippen LogP contribution in [0, 0.1) is 0 Å². The fraction of sp³-hybridized carbons (Fsp3) is 0.263. The number of hydrogen-bond donors (Lipinski definition) is 2. The zero-order chi connectivity index (χ0) is 17.1. The summed E-state index contributed by atoms with van der Waals surface area (Å²) in [6.45, 7) is 1.85. The first-order valence-corrected chi connectivity index (χ1v) is 9.40. The molecule has 0 aliphatic carbocycles. The summed E-state index contributed by atoms with van der Waals surface area (Å²) >= 11 is 1.59. The minimum atomic E-state index is -0.0562. The fourth-order valence-electron chi connectivity index (χ4n) is 3.09. The van der Waals surface area contributed by atoms with E-state index in [0.717, 1.165) is 42.2 Å². The second-order valence-electron chi connectivity index (χ2n) is 6.17. The van der Waals surface area contributed by atoms with E-state index in [0.29, 0.717) is 5.56 Å². The van der Waals surface area contributed by atoms with Gasteiger partial charge >= 0.3 is 0 Å². The molecule has 2 N–H and O–H groups in total. The van der Waals surface area contributed by atoms with Gasteiger partial charge in [0.2, 0.25) is 0 Å². The lowest BCUT2D eigenvalue weighted by Gasteiger charge is -2.23. The predicted octanol–water partition coefficient (Wildman–Crippen LogP) is 3.50. The molecule has 0 radical (unpaired) electrons. The molecule has 1 aliphatic heterocycles. The highest BCUT2D eigenvalue weighted by Gasteiger charge is 2.22. The van der Waals surface area contributed by atoms with E-state index in [1.165, 1.54) is 0 Å². The van der Waals surface area contributed by atoms with Gasteiger partial charge in [-0.1, -0.05) is 24.3 Å². The third kappa shape index (κ3) is 3.98. The number of aromatic nitrogens is 2. The van der Waals surface area contributed by atoms with Crippen LogP contribution in [0.1, 0.15) is 23.2 Å². The summed E-state index contributed by atoms with van der Waals surface area (Å²) in [5, 5.41) is 13.2. The molecule has 3 aromatic rings. The van der Waals surface area contributed by atoms with Crippen LogP contribution in [0.15, 0.2) is 54.0 Å². The molecule has 1 aliphatic rings. The van der Waals surface area contributed by atoms with Gasteiger partial charge in [-0.05, 0) is 43.0 Å². The zero-order valence-corrected chi connectivity index (χ0v) is 15.9. The third-order valence-electron chi connectivity index (χ3n) is 4.37. The van der Waals surface area contributed by atoms with Gasteiger partial charge in [0.1, 0.15) is 5.69 Å². The van der Waals surface area contributed by atoms with E-state index in [9.17, 15) is 4.79 Å². The highest BCUT2D eigenvalue weighted by molar-refractivity contribution is 7.13. The molecule has 0 spiro atoms. The number of amides is 1. The van der Waals surface area contributed by atoms with Gasteiger partial charge in [0.05, 0.1) is 16.1 Å². The maximum Gasteiger partial charge on any atom is 0.255 e. The van der Waals surface area contributed by atoms with E-state index in [2.05, 4.69) is 15.7 Å². The van der Waals surface area contributed by atoms with Crippen LogP contribution in [0.25, 0.3) is 16.3 Å². The number of rotatable bonds is 4. The van der Waals surface area contributed by atoms with Crippen LogP contribution in [-0.2, 0) is 0 Å². The zero-order valence-electron chi connectivity index (χ0n) is 14.2. The Kier molecular flexibility index (Phi) is 6.08. The second kappa shape index (κ2) is 8.49. The minimum absolute atomic E-state index is 0. The topological polar surface area (TPSA) is 59.0 Å². The van der Waals surface area contributed by atoms with E-state index >= 15 is 0 Å². The molecule has 4 rings (SSSR count). The molecule has 1 saturated heterocycles. The van der Waals surface area contributed by atoms with E-state index in [-0.39, 0.29) is 24.4 Å². The molecule has 2 aromatic heterocycles. The summed E-state index contributed by atoms with van der Waals surface area (Å²) < 4.78 is 1.78. The molecule has 1 aromatic carbocycles. The van der Waals surface area contributed by atoms with Crippen molar-refractivity contribution in [3.8, 4) is 16.3 Å². The summed E-state index contributed by atoms with van der Waals surface area (Å²) in [7, 11) is 0. The summed E-state index contributed by atoms with van der Waals surface area (Å²) in [6.07, 6.45) is 3.93. The van der Waals surface area contributed by atoms with Crippen molar-refractivity contribution in [1.29, 1.82) is 0 Å². The average Bonchev–Trinajstić information content (AvgIpc) is 3.33. The molecule has 26 heavy (non-hydrogen) atoms. The van der Waals surface area contributed by atoms with Gasteiger partial charge in [-0.25, -0.2) is 4.68 Å². The number of carbonyl (C=O) groups excluding carboxylic acids is 1. The number of hydrogen-bond acceptors (Lipinski definition) is 4. The lowest BCUT2D eigenvalue weighted by Crippen LogP contribution is -2.45. The highest BCUT2D eigenvalue weighted by atomic mass is 35.5. The minimum Gasteiger partial charge on any atom is -0.348 e. The summed E-state index contributed by atoms with van der Waals surface area (Å²) in [6, 6.07) is 14.0. The van der Waals surface area contributed by atoms with E-state index in [1.54, 1.807) is 16.0 Å². The van der Waals surface area contributed by atoms with Gasteiger partial charge in [0.25, 0.3) is 5.91 Å². The van der Waals surface area contributed by atoms with E-state index in [4.69, 9.17) is 0 Å². The number of nitrogens with one attached hydrogen (secondary N) is 2. The lowest BCUT2D eigenvalue weighted by atomic mass is 10.1. The molecule has 1 fully saturated rings. The number of thiophene rings is 1. The van der Waals surface area contributed by atoms with Crippen LogP contribution in [0.4, 0.5) is 0 Å². The van der Waals surface area contributed by atoms with Crippen molar-refractivity contribution in [1.82, 2.24) is 20.4 Å². The number of nitrogens with zero attached hydrogens (tertiary/aromatic N) is 2. The van der Waals surface area contributed by atoms with Crippen molar-refractivity contribution < 1.29 is 4.79 Å². The Balaban J connectivity index is 0.00000196. The van der Waals surface area contributed by atoms with Crippen LogP contribution in [0.2, 0.25) is 0 Å². The van der Waals surface area contributed by atoms with Crippen LogP contribution in [0.5, 0.6) is 0 Å². The standard InChI is InChI=1S/C19H20N4OS.ClH/c24-19(21-14-6-4-10-20-12-14)16-13-23(15-7-2-1-3-8-15)22-18(16)17-9-5-11-25-17;/h1-3,5,7-9,11,13-14,20H,4,6,10,12H2,(H,21,24);1H. The molecule has 0 saturated carbocycles. The Morgan fingerprint density at radius 3 is 2.77 bits per heavy atom. The molecular weight excluding hydrogens is 368 g/mol. The second-order valence-corrected chi connectivity index (χ2v) is 7.11. The molecular formula is C19H21ClN4OS. The third-order valence-corrected chi connectivity index (χ3v) is 5.24. The Morgan fingerprint density at radius 1 is 1.23 bits per heavy atom. The monoisotopic (exact) mass is 388 g/mol. The largest absolute Gasteiger partial charge is 0.348 e. The lowest BCUT2D eigenvalue weighted by molar-refractivity contribution is 0.0931. The molecule has 1 amide bonds. The van der Waals surface area contributed by atoms with Crippen molar-refractivity contribution >= 4 is 29.7 Å². The summed E-state index contributed by atoms with van der Waals surface area (Å²) in [5.41, 5.74) is 2.30. The molecule has 136 valence electrons. The normalized spacial score (nSPS) is 16.7. The van der Waals surface area contributed by atoms with Crippen molar-refractivity contribution in [3.05, 3.63) is 59.6 Å². The van der Waals surface area contributed by atoms with Crippen LogP contribution in [-0.4, -0.2) is 34.8 Å². The van der Waals surface area contributed by atoms with Gasteiger partial charge in [-0.2, -0.15) is 5.10 Å². The molecule has 7 heteroatoms. The van der Waals surface area contributed by atoms with Crippen LogP contribution in [0.3, 0.4) is 0 Å². The Bertz CT molecular complexity index is 842. The van der Waals surface area contributed by atoms with Crippen LogP contribution >= 0.6 is 23.7 Å². The first kappa shape index (κ1) is 18.6. The molecule has 0 bridgehead atoms. The smallest absolute Gasteiger partial charge is 0.255 e. The van der Waals surface area contributed by atoms with Crippen molar-refractivity contribution in [2.24, 2.45) is 0 Å². The van der Waals surface area contributed by atoms with Gasteiger partial charge in [-0.15, -0.1) is 23.7 Å². The quantitative estimate of drug-likeness (QED) is 0.719. The van der Waals surface area contributed by atoms with Crippen molar-refractivity contribution in [3.63, 3.8) is 0 Å². The maximum absolute atomic E-state index is 12.9. The van der Waals surface area contributed by atoms with Crippen LogP contribution < -0.4 is 10.6 Å². The van der Waals surface area contributed by atoms with Crippen molar-refractivity contribution in [2.75, 3.05) is 13.1 Å².